The van der Waals surface area contributed by atoms with Crippen LogP contribution >= 0.6 is 0 Å². The summed E-state index contributed by atoms with van der Waals surface area (Å²) in [6, 6.07) is 12.3. The van der Waals surface area contributed by atoms with Gasteiger partial charge in [-0.1, -0.05) is 98.4 Å². The summed E-state index contributed by atoms with van der Waals surface area (Å²) in [5, 5.41) is 16.8. The Bertz CT molecular complexity index is 883. The molecule has 188 valence electrons. The molecule has 0 bridgehead atoms. The van der Waals surface area contributed by atoms with Gasteiger partial charge >= 0.3 is 6.03 Å². The van der Waals surface area contributed by atoms with Gasteiger partial charge in [0.2, 0.25) is 0 Å². The summed E-state index contributed by atoms with van der Waals surface area (Å²) in [6.45, 7) is 15.8. The van der Waals surface area contributed by atoms with Gasteiger partial charge in [-0.2, -0.15) is 0 Å². The number of anilines is 1. The van der Waals surface area contributed by atoms with E-state index in [1.54, 1.807) is 0 Å². The molecule has 0 spiro atoms. The second-order valence-electron chi connectivity index (χ2n) is 11.5. The quantitative estimate of drug-likeness (QED) is 0.312. The molecule has 0 aliphatic carbocycles. The molecule has 0 fully saturated rings. The Balaban J connectivity index is 1.96. The number of phenolic OH excluding ortho intramolecular Hbond substituents is 1. The number of unbranched alkanes of at least 4 members (excludes halogenated alkanes) is 4. The number of urea groups is 1. The van der Waals surface area contributed by atoms with Crippen LogP contribution in [0.3, 0.4) is 0 Å². The summed E-state index contributed by atoms with van der Waals surface area (Å²) in [5.41, 5.74) is 5.05. The second kappa shape index (κ2) is 12.3. The number of aromatic hydroxyl groups is 1. The first-order valence-electron chi connectivity index (χ1n) is 12.9. The second-order valence-corrected chi connectivity index (χ2v) is 11.5. The van der Waals surface area contributed by atoms with Crippen molar-refractivity contribution in [2.24, 2.45) is 0 Å². The lowest BCUT2D eigenvalue weighted by atomic mass is 9.78. The lowest BCUT2D eigenvalue weighted by Crippen LogP contribution is -2.29. The molecule has 2 amide bonds. The molecule has 0 saturated heterocycles. The summed E-state index contributed by atoms with van der Waals surface area (Å²) in [6.07, 6.45) is 7.73. The standard InChI is InChI=1S/C30H46N2O2/c1-8-9-10-11-12-19-31-28(34)32-24-17-15-22(16-18-24)13-14-23-20-25(29(2,3)4)27(33)26(21-23)30(5,6)7/h15-18,20-21,33H,8-14,19H2,1-7H3,(H2,31,32,34). The largest absolute Gasteiger partial charge is 0.507 e. The average Bonchev–Trinajstić information content (AvgIpc) is 2.74. The minimum Gasteiger partial charge on any atom is -0.507 e. The van der Waals surface area contributed by atoms with Crippen molar-refractivity contribution >= 4 is 11.7 Å². The van der Waals surface area contributed by atoms with Gasteiger partial charge in [-0.3, -0.25) is 0 Å². The molecular formula is C30H46N2O2. The van der Waals surface area contributed by atoms with Gasteiger partial charge < -0.3 is 15.7 Å². The van der Waals surface area contributed by atoms with Crippen LogP contribution in [-0.2, 0) is 23.7 Å². The Morgan fingerprint density at radius 1 is 0.794 bits per heavy atom. The first kappa shape index (κ1) is 27.8. The highest BCUT2D eigenvalue weighted by molar-refractivity contribution is 5.89. The van der Waals surface area contributed by atoms with E-state index >= 15 is 0 Å². The third kappa shape index (κ3) is 8.70. The summed E-state index contributed by atoms with van der Waals surface area (Å²) >= 11 is 0. The van der Waals surface area contributed by atoms with Crippen molar-refractivity contribution in [3.05, 3.63) is 58.7 Å². The number of aryl methyl sites for hydroxylation is 2. The van der Waals surface area contributed by atoms with Crippen molar-refractivity contribution in [1.29, 1.82) is 0 Å². The minimum atomic E-state index is -0.142. The normalized spacial score (nSPS) is 12.0. The molecule has 2 aromatic carbocycles. The molecule has 0 aromatic heterocycles. The lowest BCUT2D eigenvalue weighted by Gasteiger charge is -2.28. The van der Waals surface area contributed by atoms with Crippen molar-refractivity contribution in [3.63, 3.8) is 0 Å². The van der Waals surface area contributed by atoms with Crippen LogP contribution in [0.15, 0.2) is 36.4 Å². The van der Waals surface area contributed by atoms with Gasteiger partial charge in [0.05, 0.1) is 0 Å². The molecule has 3 N–H and O–H groups in total. The van der Waals surface area contributed by atoms with Crippen LogP contribution in [0.4, 0.5) is 10.5 Å². The van der Waals surface area contributed by atoms with E-state index < -0.39 is 0 Å². The van der Waals surface area contributed by atoms with Gasteiger partial charge in [0.15, 0.2) is 0 Å². The smallest absolute Gasteiger partial charge is 0.319 e. The lowest BCUT2D eigenvalue weighted by molar-refractivity contribution is 0.252. The fourth-order valence-electron chi connectivity index (χ4n) is 4.13. The van der Waals surface area contributed by atoms with Crippen molar-refractivity contribution in [3.8, 4) is 5.75 Å². The highest BCUT2D eigenvalue weighted by Crippen LogP contribution is 2.40. The predicted molar refractivity (Wildman–Crippen MR) is 145 cm³/mol. The van der Waals surface area contributed by atoms with Crippen LogP contribution in [-0.4, -0.2) is 17.7 Å². The summed E-state index contributed by atoms with van der Waals surface area (Å²) in [5.74, 6) is 0.429. The molecule has 0 atom stereocenters. The monoisotopic (exact) mass is 466 g/mol. The van der Waals surface area contributed by atoms with Crippen molar-refractivity contribution < 1.29 is 9.90 Å². The van der Waals surface area contributed by atoms with E-state index in [1.807, 2.05) is 12.1 Å². The molecule has 0 radical (unpaired) electrons. The van der Waals surface area contributed by atoms with Crippen molar-refractivity contribution in [1.82, 2.24) is 5.32 Å². The van der Waals surface area contributed by atoms with Crippen LogP contribution < -0.4 is 10.6 Å². The maximum atomic E-state index is 12.1. The Kier molecular flexibility index (Phi) is 10.0. The minimum absolute atomic E-state index is 0.122. The molecule has 4 nitrogen and oxygen atoms in total. The zero-order valence-electron chi connectivity index (χ0n) is 22.5. The van der Waals surface area contributed by atoms with E-state index in [0.29, 0.717) is 12.3 Å². The zero-order chi connectivity index (χ0) is 25.4. The van der Waals surface area contributed by atoms with Gasteiger partial charge in [0, 0.05) is 12.2 Å². The van der Waals surface area contributed by atoms with Gasteiger partial charge in [0.1, 0.15) is 5.75 Å². The van der Waals surface area contributed by atoms with E-state index in [-0.39, 0.29) is 16.9 Å². The number of nitrogens with one attached hydrogen (secondary N) is 2. The van der Waals surface area contributed by atoms with Crippen molar-refractivity contribution in [2.45, 2.75) is 104 Å². The van der Waals surface area contributed by atoms with Crippen LogP contribution in [0.1, 0.15) is 103 Å². The van der Waals surface area contributed by atoms with Crippen molar-refractivity contribution in [2.75, 3.05) is 11.9 Å². The Hall–Kier alpha value is -2.49. The van der Waals surface area contributed by atoms with E-state index in [0.717, 1.165) is 36.1 Å². The third-order valence-corrected chi connectivity index (χ3v) is 6.27. The topological polar surface area (TPSA) is 61.4 Å². The number of carbonyl (C=O) groups excluding carboxylic acids is 1. The average molecular weight is 467 g/mol. The summed E-state index contributed by atoms with van der Waals surface area (Å²) in [7, 11) is 0. The van der Waals surface area contributed by atoms with Crippen LogP contribution in [0.2, 0.25) is 0 Å². The number of hydrogen-bond acceptors (Lipinski definition) is 2. The Morgan fingerprint density at radius 2 is 1.32 bits per heavy atom. The fourth-order valence-corrected chi connectivity index (χ4v) is 4.13. The number of carbonyl (C=O) groups is 1. The maximum Gasteiger partial charge on any atom is 0.319 e. The number of rotatable bonds is 10. The van der Waals surface area contributed by atoms with Crippen LogP contribution in [0, 0.1) is 0 Å². The molecule has 0 unspecified atom stereocenters. The Morgan fingerprint density at radius 3 is 1.85 bits per heavy atom. The Labute approximate surface area is 207 Å². The SMILES string of the molecule is CCCCCCCNC(=O)Nc1ccc(CCc2cc(C(C)(C)C)c(O)c(C(C)(C)C)c2)cc1. The molecule has 0 saturated carbocycles. The fraction of sp³-hybridized carbons (Fsp3) is 0.567. The van der Waals surface area contributed by atoms with Gasteiger partial charge in [-0.15, -0.1) is 0 Å². The summed E-state index contributed by atoms with van der Waals surface area (Å²) in [4.78, 5) is 12.1. The van der Waals surface area contributed by atoms with Crippen LogP contribution in [0.5, 0.6) is 5.75 Å². The van der Waals surface area contributed by atoms with Gasteiger partial charge in [0.25, 0.3) is 0 Å². The van der Waals surface area contributed by atoms with E-state index in [2.05, 4.69) is 83.4 Å². The first-order chi connectivity index (χ1) is 15.9. The predicted octanol–water partition coefficient (Wildman–Crippen LogP) is 7.86. The molecule has 0 aliphatic rings. The number of phenols is 1. The van der Waals surface area contributed by atoms with Crippen LogP contribution in [0.25, 0.3) is 0 Å². The van der Waals surface area contributed by atoms with E-state index in [9.17, 15) is 9.90 Å². The number of benzene rings is 2. The molecular weight excluding hydrogens is 420 g/mol. The number of hydrogen-bond donors (Lipinski definition) is 3. The number of amides is 2. The molecule has 0 aliphatic heterocycles. The molecule has 2 aromatic rings. The molecule has 2 rings (SSSR count). The maximum absolute atomic E-state index is 12.1. The first-order valence-corrected chi connectivity index (χ1v) is 12.9. The van der Waals surface area contributed by atoms with E-state index in [1.165, 1.54) is 36.8 Å². The molecule has 34 heavy (non-hydrogen) atoms. The highest BCUT2D eigenvalue weighted by Gasteiger charge is 2.26. The third-order valence-electron chi connectivity index (χ3n) is 6.27. The summed E-state index contributed by atoms with van der Waals surface area (Å²) < 4.78 is 0. The van der Waals surface area contributed by atoms with Gasteiger partial charge in [-0.25, -0.2) is 4.79 Å². The highest BCUT2D eigenvalue weighted by atomic mass is 16.3. The van der Waals surface area contributed by atoms with Gasteiger partial charge in [-0.05, 0) is 64.5 Å². The molecule has 0 heterocycles. The van der Waals surface area contributed by atoms with E-state index in [4.69, 9.17) is 0 Å². The molecule has 4 heteroatoms. The zero-order valence-corrected chi connectivity index (χ0v) is 22.5.